The Balaban J connectivity index is 1.21. The van der Waals surface area contributed by atoms with Gasteiger partial charge in [0.25, 0.3) is 11.8 Å². The van der Waals surface area contributed by atoms with E-state index in [9.17, 15) is 22.8 Å². The van der Waals surface area contributed by atoms with E-state index in [1.807, 2.05) is 0 Å². The van der Waals surface area contributed by atoms with Gasteiger partial charge in [-0.25, -0.2) is 15.0 Å². The number of fused-ring (bicyclic) bond motifs is 1. The van der Waals surface area contributed by atoms with Crippen LogP contribution in [0.4, 0.5) is 30.4 Å². The van der Waals surface area contributed by atoms with Crippen LogP contribution in [0.25, 0.3) is 10.2 Å². The normalized spacial score (nSPS) is 13.2. The van der Waals surface area contributed by atoms with Crippen molar-refractivity contribution in [2.24, 2.45) is 0 Å². The summed E-state index contributed by atoms with van der Waals surface area (Å²) >= 11 is 1.37. The molecule has 3 N–H and O–H groups in total. The van der Waals surface area contributed by atoms with Gasteiger partial charge in [-0.15, -0.1) is 11.3 Å². The van der Waals surface area contributed by atoms with Gasteiger partial charge in [0.15, 0.2) is 0 Å². The number of nitrogens with zero attached hydrogens (tertiary/aromatic N) is 4. The molecule has 220 valence electrons. The molecule has 1 fully saturated rings. The number of hydrogen-bond donors (Lipinski definition) is 3. The molecule has 9 nitrogen and oxygen atoms in total. The minimum Gasteiger partial charge on any atom is -0.366 e. The highest BCUT2D eigenvalue weighted by Crippen LogP contribution is 2.35. The summed E-state index contributed by atoms with van der Waals surface area (Å²) in [6, 6.07) is 8.76. The van der Waals surface area contributed by atoms with Crippen molar-refractivity contribution >= 4 is 50.6 Å². The number of benzene rings is 2. The summed E-state index contributed by atoms with van der Waals surface area (Å²) in [6.07, 6.45) is 2.07. The molecule has 2 amide bonds. The predicted octanol–water partition coefficient (Wildman–Crippen LogP) is 6.65. The molecular weight excluding hydrogens is 579 g/mol. The molecule has 6 rings (SSSR count). The fourth-order valence-corrected chi connectivity index (χ4v) is 5.60. The fourth-order valence-electron chi connectivity index (χ4n) is 4.65. The molecule has 0 atom stereocenters. The summed E-state index contributed by atoms with van der Waals surface area (Å²) in [5.74, 6) is -0.632. The molecule has 2 aromatic carbocycles. The van der Waals surface area contributed by atoms with Crippen molar-refractivity contribution in [2.45, 2.75) is 45.5 Å². The van der Waals surface area contributed by atoms with Crippen molar-refractivity contribution in [1.82, 2.24) is 19.5 Å². The number of halogens is 3. The summed E-state index contributed by atoms with van der Waals surface area (Å²) in [4.78, 5) is 39.1. The van der Waals surface area contributed by atoms with Gasteiger partial charge in [0, 0.05) is 35.5 Å². The Morgan fingerprint density at radius 2 is 1.79 bits per heavy atom. The van der Waals surface area contributed by atoms with Crippen LogP contribution < -0.4 is 16.0 Å². The number of hydrogen-bond acceptors (Lipinski definition) is 7. The number of aromatic nitrogens is 4. The summed E-state index contributed by atoms with van der Waals surface area (Å²) in [5.41, 5.74) is 1.79. The molecule has 43 heavy (non-hydrogen) atoms. The molecule has 0 spiro atoms. The molecule has 13 heteroatoms. The van der Waals surface area contributed by atoms with E-state index < -0.39 is 29.1 Å². The molecule has 0 bridgehead atoms. The van der Waals surface area contributed by atoms with E-state index in [1.165, 1.54) is 42.2 Å². The number of aryl methyl sites for hydroxylation is 2. The van der Waals surface area contributed by atoms with Crippen molar-refractivity contribution in [3.8, 4) is 0 Å². The van der Waals surface area contributed by atoms with E-state index in [0.29, 0.717) is 39.8 Å². The highest BCUT2D eigenvalue weighted by Gasteiger charge is 2.35. The largest absolute Gasteiger partial charge is 0.417 e. The van der Waals surface area contributed by atoms with Crippen molar-refractivity contribution in [3.63, 3.8) is 0 Å². The van der Waals surface area contributed by atoms with E-state index >= 15 is 0 Å². The third kappa shape index (κ3) is 6.21. The van der Waals surface area contributed by atoms with Crippen LogP contribution in [0.1, 0.15) is 55.9 Å². The van der Waals surface area contributed by atoms with Gasteiger partial charge in [-0.1, -0.05) is 12.1 Å². The number of imidazole rings is 1. The number of carbonyl (C=O) groups is 2. The lowest BCUT2D eigenvalue weighted by Gasteiger charge is -2.16. The molecule has 3 aromatic heterocycles. The van der Waals surface area contributed by atoms with Crippen LogP contribution in [0.3, 0.4) is 0 Å². The Kier molecular flexibility index (Phi) is 7.34. The highest BCUT2D eigenvalue weighted by molar-refractivity contribution is 7.18. The van der Waals surface area contributed by atoms with Gasteiger partial charge in [0.1, 0.15) is 12.1 Å². The Labute approximate surface area is 248 Å². The summed E-state index contributed by atoms with van der Waals surface area (Å²) in [5, 5.41) is 10.5. The zero-order chi connectivity index (χ0) is 30.3. The Bertz CT molecular complexity index is 1860. The molecular formula is C30H26F3N7O2S. The second kappa shape index (κ2) is 11.1. The second-order valence-corrected chi connectivity index (χ2v) is 11.4. The molecule has 5 aromatic rings. The first-order valence-electron chi connectivity index (χ1n) is 13.5. The van der Waals surface area contributed by atoms with Crippen LogP contribution in [0.15, 0.2) is 60.6 Å². The van der Waals surface area contributed by atoms with E-state index in [-0.39, 0.29) is 12.2 Å². The van der Waals surface area contributed by atoms with Gasteiger partial charge in [-0.05, 0) is 62.1 Å². The Hall–Kier alpha value is -4.78. The molecule has 1 saturated carbocycles. The lowest BCUT2D eigenvalue weighted by molar-refractivity contribution is -0.137. The maximum absolute atomic E-state index is 14.0. The van der Waals surface area contributed by atoms with Gasteiger partial charge in [0.2, 0.25) is 0 Å². The van der Waals surface area contributed by atoms with Gasteiger partial charge < -0.3 is 20.5 Å². The van der Waals surface area contributed by atoms with Crippen LogP contribution >= 0.6 is 11.3 Å². The van der Waals surface area contributed by atoms with E-state index in [4.69, 9.17) is 0 Å². The van der Waals surface area contributed by atoms with E-state index in [2.05, 4.69) is 30.9 Å². The average molecular weight is 606 g/mol. The fraction of sp³-hybridized carbons (Fsp3) is 0.233. The standard InChI is InChI=1S/C30H26F3N7O2S/c1-16-3-5-20(10-24(16)39-29(42)22-13-43-26-25(22)34-14-35-27(26)37-19-6-7-19)38-28(41)21-8-4-18(9-23(21)30(31,32)33)12-40-11-17(2)36-15-40/h3-5,8-11,13-15,19H,6-7,12H2,1-2H3,(H,38,41)(H,39,42)(H,34,35,37). The molecule has 0 radical (unpaired) electrons. The summed E-state index contributed by atoms with van der Waals surface area (Å²) in [6.45, 7) is 3.74. The van der Waals surface area contributed by atoms with E-state index in [0.717, 1.165) is 29.3 Å². The van der Waals surface area contributed by atoms with Gasteiger partial charge in [0.05, 0.1) is 38.9 Å². The van der Waals surface area contributed by atoms with E-state index in [1.54, 1.807) is 42.1 Å². The summed E-state index contributed by atoms with van der Waals surface area (Å²) < 4.78 is 44.5. The van der Waals surface area contributed by atoms with Crippen molar-refractivity contribution in [1.29, 1.82) is 0 Å². The smallest absolute Gasteiger partial charge is 0.366 e. The van der Waals surface area contributed by atoms with Crippen LogP contribution in [0.2, 0.25) is 0 Å². The lowest BCUT2D eigenvalue weighted by Crippen LogP contribution is -2.19. The van der Waals surface area contributed by atoms with Crippen molar-refractivity contribution in [3.05, 3.63) is 94.1 Å². The number of alkyl halides is 3. The third-order valence-corrected chi connectivity index (χ3v) is 8.00. The third-order valence-electron chi connectivity index (χ3n) is 7.02. The zero-order valence-electron chi connectivity index (χ0n) is 23.1. The van der Waals surface area contributed by atoms with Crippen molar-refractivity contribution in [2.75, 3.05) is 16.0 Å². The lowest BCUT2D eigenvalue weighted by atomic mass is 10.0. The van der Waals surface area contributed by atoms with Crippen LogP contribution in [-0.2, 0) is 12.7 Å². The minimum atomic E-state index is -4.75. The van der Waals surface area contributed by atoms with Crippen LogP contribution in [0, 0.1) is 13.8 Å². The highest BCUT2D eigenvalue weighted by atomic mass is 32.1. The zero-order valence-corrected chi connectivity index (χ0v) is 23.9. The molecule has 1 aliphatic rings. The topological polar surface area (TPSA) is 114 Å². The molecule has 3 heterocycles. The van der Waals surface area contributed by atoms with Crippen LogP contribution in [0.5, 0.6) is 0 Å². The Morgan fingerprint density at radius 1 is 1.00 bits per heavy atom. The first-order chi connectivity index (χ1) is 20.5. The number of anilines is 3. The number of thiophene rings is 1. The summed E-state index contributed by atoms with van der Waals surface area (Å²) in [7, 11) is 0. The van der Waals surface area contributed by atoms with Gasteiger partial charge in [-0.3, -0.25) is 9.59 Å². The molecule has 0 saturated heterocycles. The number of carbonyl (C=O) groups excluding carboxylic acids is 2. The number of nitrogens with one attached hydrogen (secondary N) is 3. The minimum absolute atomic E-state index is 0.177. The maximum atomic E-state index is 14.0. The molecule has 0 aliphatic heterocycles. The monoisotopic (exact) mass is 605 g/mol. The predicted molar refractivity (Wildman–Crippen MR) is 159 cm³/mol. The number of rotatable bonds is 8. The van der Waals surface area contributed by atoms with Gasteiger partial charge >= 0.3 is 6.18 Å². The SMILES string of the molecule is Cc1cn(Cc2ccc(C(=O)Nc3ccc(C)c(NC(=O)c4csc5c(NC6CC6)ncnc45)c3)c(C(F)(F)F)c2)cn1. The van der Waals surface area contributed by atoms with Gasteiger partial charge in [-0.2, -0.15) is 13.2 Å². The second-order valence-electron chi connectivity index (χ2n) is 10.5. The first-order valence-corrected chi connectivity index (χ1v) is 14.3. The van der Waals surface area contributed by atoms with Crippen LogP contribution in [-0.4, -0.2) is 37.4 Å². The maximum Gasteiger partial charge on any atom is 0.417 e. The number of amides is 2. The first kappa shape index (κ1) is 28.3. The quantitative estimate of drug-likeness (QED) is 0.183. The van der Waals surface area contributed by atoms with Crippen molar-refractivity contribution < 1.29 is 22.8 Å². The molecule has 0 unspecified atom stereocenters. The molecule has 1 aliphatic carbocycles. The average Bonchev–Trinajstić information content (AvgIpc) is 3.51. The Morgan fingerprint density at radius 3 is 2.51 bits per heavy atom.